The maximum Gasteiger partial charge on any atom is 0.296 e. The van der Waals surface area contributed by atoms with Crippen molar-refractivity contribution in [2.24, 2.45) is 0 Å². The van der Waals surface area contributed by atoms with E-state index >= 15 is 0 Å². The van der Waals surface area contributed by atoms with Crippen LogP contribution in [0.1, 0.15) is 27.9 Å². The Morgan fingerprint density at radius 2 is 2.13 bits per heavy atom. The number of benzene rings is 1. The molecule has 0 saturated carbocycles. The molecule has 1 aliphatic carbocycles. The number of nitrogens with two attached hydrogens (primary N) is 1. The number of carbonyl (C=O) groups excluding carboxylic acids is 1. The number of nitrogen functional groups attached to an aromatic ring is 1. The van der Waals surface area contributed by atoms with Crippen molar-refractivity contribution in [3.63, 3.8) is 0 Å². The largest absolute Gasteiger partial charge is 0.393 e. The van der Waals surface area contributed by atoms with Crippen molar-refractivity contribution in [2.45, 2.75) is 19.8 Å². The summed E-state index contributed by atoms with van der Waals surface area (Å²) in [6, 6.07) is 1.65. The molecule has 1 aromatic rings. The highest BCUT2D eigenvalue weighted by Crippen LogP contribution is 2.37. The van der Waals surface area contributed by atoms with Crippen LogP contribution in [0.5, 0.6) is 0 Å². The van der Waals surface area contributed by atoms with Crippen molar-refractivity contribution in [1.82, 2.24) is 0 Å². The fourth-order valence-electron chi connectivity index (χ4n) is 1.94. The van der Waals surface area contributed by atoms with Crippen LogP contribution in [0.15, 0.2) is 6.07 Å². The predicted molar refractivity (Wildman–Crippen MR) is 54.9 cm³/mol. The van der Waals surface area contributed by atoms with Gasteiger partial charge in [0.2, 0.25) is 0 Å². The number of nitrogens with zero attached hydrogens (tertiary/aromatic N) is 1. The normalized spacial score (nSPS) is 14.1. The quantitative estimate of drug-likeness (QED) is 0.429. The number of nitro benzene ring substituents is 1. The van der Waals surface area contributed by atoms with Crippen molar-refractivity contribution in [2.75, 3.05) is 5.73 Å². The van der Waals surface area contributed by atoms with Gasteiger partial charge in [-0.3, -0.25) is 14.9 Å². The maximum absolute atomic E-state index is 11.4. The summed E-state index contributed by atoms with van der Waals surface area (Å²) in [5.41, 5.74) is 7.29. The Morgan fingerprint density at radius 3 is 2.73 bits per heavy atom. The van der Waals surface area contributed by atoms with Crippen LogP contribution in [0, 0.1) is 17.0 Å². The minimum absolute atomic E-state index is 0.0313. The van der Waals surface area contributed by atoms with Crippen LogP contribution in [0.25, 0.3) is 0 Å². The number of hydrogen-bond acceptors (Lipinski definition) is 4. The fraction of sp³-hybridized carbons (Fsp3) is 0.300. The van der Waals surface area contributed by atoms with Crippen molar-refractivity contribution >= 4 is 17.2 Å². The average Bonchev–Trinajstić information content (AvgIpc) is 2.49. The summed E-state index contributed by atoms with van der Waals surface area (Å²) < 4.78 is 0. The average molecular weight is 206 g/mol. The van der Waals surface area contributed by atoms with E-state index in [9.17, 15) is 14.9 Å². The standard InChI is InChI=1S/C10H10N2O3/c1-5-4-7-6(2-3-8(7)13)10(9(5)11)12(14)15/h4H,2-3,11H2,1H3. The maximum atomic E-state index is 11.4. The van der Waals surface area contributed by atoms with Crippen LogP contribution < -0.4 is 5.73 Å². The summed E-state index contributed by atoms with van der Waals surface area (Å²) in [6.07, 6.45) is 0.772. The molecule has 78 valence electrons. The zero-order chi connectivity index (χ0) is 11.2. The Kier molecular flexibility index (Phi) is 1.96. The molecule has 0 amide bonds. The minimum atomic E-state index is -0.500. The number of aryl methyl sites for hydroxylation is 1. The highest BCUT2D eigenvalue weighted by molar-refractivity contribution is 6.03. The molecule has 15 heavy (non-hydrogen) atoms. The second-order valence-corrected chi connectivity index (χ2v) is 3.66. The molecule has 0 spiro atoms. The van der Waals surface area contributed by atoms with E-state index in [-0.39, 0.29) is 17.2 Å². The lowest BCUT2D eigenvalue weighted by molar-refractivity contribution is -0.384. The fourth-order valence-corrected chi connectivity index (χ4v) is 1.94. The van der Waals surface area contributed by atoms with Crippen molar-refractivity contribution in [3.8, 4) is 0 Å². The minimum Gasteiger partial charge on any atom is -0.393 e. The number of fused-ring (bicyclic) bond motifs is 1. The lowest BCUT2D eigenvalue weighted by Gasteiger charge is -2.06. The van der Waals surface area contributed by atoms with Crippen LogP contribution in [0.3, 0.4) is 0 Å². The Bertz CT molecular complexity index is 480. The van der Waals surface area contributed by atoms with E-state index in [1.807, 2.05) is 0 Å². The Morgan fingerprint density at radius 1 is 1.47 bits per heavy atom. The first-order valence-electron chi connectivity index (χ1n) is 4.62. The third-order valence-corrected chi connectivity index (χ3v) is 2.74. The third-order valence-electron chi connectivity index (χ3n) is 2.74. The Labute approximate surface area is 86.0 Å². The van der Waals surface area contributed by atoms with Gasteiger partial charge in [0.1, 0.15) is 5.69 Å². The molecule has 0 fully saturated rings. The SMILES string of the molecule is Cc1cc2c(c([N+](=O)[O-])c1N)CCC2=O. The van der Waals surface area contributed by atoms with Crippen LogP contribution >= 0.6 is 0 Å². The van der Waals surface area contributed by atoms with Crippen molar-refractivity contribution in [1.29, 1.82) is 0 Å². The van der Waals surface area contributed by atoms with E-state index < -0.39 is 4.92 Å². The van der Waals surface area contributed by atoms with Crippen LogP contribution in [-0.2, 0) is 6.42 Å². The molecule has 0 aromatic heterocycles. The first kappa shape index (κ1) is 9.64. The molecule has 2 N–H and O–H groups in total. The number of nitro groups is 1. The molecule has 5 heteroatoms. The van der Waals surface area contributed by atoms with Gasteiger partial charge < -0.3 is 5.73 Å². The van der Waals surface area contributed by atoms with Gasteiger partial charge in [-0.2, -0.15) is 0 Å². The molecule has 0 bridgehead atoms. The first-order chi connectivity index (χ1) is 7.02. The van der Waals surface area contributed by atoms with Gasteiger partial charge in [0, 0.05) is 17.5 Å². The summed E-state index contributed by atoms with van der Waals surface area (Å²) in [5.74, 6) is -0.0313. The number of hydrogen-bond donors (Lipinski definition) is 1. The van der Waals surface area contributed by atoms with Gasteiger partial charge >= 0.3 is 0 Å². The van der Waals surface area contributed by atoms with Crippen molar-refractivity contribution in [3.05, 3.63) is 32.9 Å². The number of rotatable bonds is 1. The third kappa shape index (κ3) is 1.27. The Hall–Kier alpha value is -1.91. The summed E-state index contributed by atoms with van der Waals surface area (Å²) in [7, 11) is 0. The molecule has 1 aliphatic rings. The van der Waals surface area contributed by atoms with E-state index in [2.05, 4.69) is 0 Å². The number of anilines is 1. The molecular formula is C10H10N2O3. The highest BCUT2D eigenvalue weighted by atomic mass is 16.6. The molecule has 1 aromatic carbocycles. The van der Waals surface area contributed by atoms with E-state index in [1.54, 1.807) is 13.0 Å². The van der Waals surface area contributed by atoms with Gasteiger partial charge in [-0.25, -0.2) is 0 Å². The van der Waals surface area contributed by atoms with Crippen LogP contribution in [-0.4, -0.2) is 10.7 Å². The molecule has 0 aliphatic heterocycles. The number of Topliss-reactive ketones (excluding diaryl/α,β-unsaturated/α-hetero) is 1. The Balaban J connectivity index is 2.78. The topological polar surface area (TPSA) is 86.2 Å². The van der Waals surface area contributed by atoms with E-state index in [0.29, 0.717) is 29.5 Å². The molecule has 0 unspecified atom stereocenters. The highest BCUT2D eigenvalue weighted by Gasteiger charge is 2.30. The number of carbonyl (C=O) groups is 1. The predicted octanol–water partition coefficient (Wildman–Crippen LogP) is 1.61. The lowest BCUT2D eigenvalue weighted by atomic mass is 10.0. The molecule has 0 heterocycles. The van der Waals surface area contributed by atoms with Gasteiger partial charge in [0.25, 0.3) is 5.69 Å². The summed E-state index contributed by atoms with van der Waals surface area (Å²) in [4.78, 5) is 21.8. The van der Waals surface area contributed by atoms with Crippen molar-refractivity contribution < 1.29 is 9.72 Å². The summed E-state index contributed by atoms with van der Waals surface area (Å²) in [5, 5.41) is 10.9. The van der Waals surface area contributed by atoms with E-state index in [4.69, 9.17) is 5.73 Å². The lowest BCUT2D eigenvalue weighted by Crippen LogP contribution is -2.03. The summed E-state index contributed by atoms with van der Waals surface area (Å²) in [6.45, 7) is 1.67. The molecule has 0 atom stereocenters. The monoisotopic (exact) mass is 206 g/mol. The van der Waals surface area contributed by atoms with E-state index in [1.165, 1.54) is 0 Å². The summed E-state index contributed by atoms with van der Waals surface area (Å²) >= 11 is 0. The molecule has 5 nitrogen and oxygen atoms in total. The van der Waals surface area contributed by atoms with Gasteiger partial charge in [0.15, 0.2) is 5.78 Å². The second kappa shape index (κ2) is 3.05. The molecule has 0 saturated heterocycles. The smallest absolute Gasteiger partial charge is 0.296 e. The van der Waals surface area contributed by atoms with Gasteiger partial charge in [0.05, 0.1) is 4.92 Å². The van der Waals surface area contributed by atoms with Gasteiger partial charge in [-0.1, -0.05) is 0 Å². The van der Waals surface area contributed by atoms with E-state index in [0.717, 1.165) is 0 Å². The molecular weight excluding hydrogens is 196 g/mol. The number of ketones is 1. The second-order valence-electron chi connectivity index (χ2n) is 3.66. The van der Waals surface area contributed by atoms with Crippen LogP contribution in [0.2, 0.25) is 0 Å². The zero-order valence-electron chi connectivity index (χ0n) is 8.24. The first-order valence-corrected chi connectivity index (χ1v) is 4.62. The van der Waals surface area contributed by atoms with Gasteiger partial charge in [-0.15, -0.1) is 0 Å². The zero-order valence-corrected chi connectivity index (χ0v) is 8.24. The van der Waals surface area contributed by atoms with Gasteiger partial charge in [-0.05, 0) is 25.0 Å². The molecule has 0 radical (unpaired) electrons. The van der Waals surface area contributed by atoms with Crippen LogP contribution in [0.4, 0.5) is 11.4 Å². The molecule has 2 rings (SSSR count).